The predicted octanol–water partition coefficient (Wildman–Crippen LogP) is 6.64. The van der Waals surface area contributed by atoms with Gasteiger partial charge in [0.25, 0.3) is 0 Å². The van der Waals surface area contributed by atoms with E-state index in [2.05, 4.69) is 45.7 Å². The number of rotatable bonds is 3. The second kappa shape index (κ2) is 8.58. The van der Waals surface area contributed by atoms with Gasteiger partial charge in [0.1, 0.15) is 17.1 Å². The molecule has 0 aliphatic heterocycles. The van der Waals surface area contributed by atoms with E-state index in [9.17, 15) is 5.11 Å². The molecule has 0 saturated heterocycles. The summed E-state index contributed by atoms with van der Waals surface area (Å²) < 4.78 is 8.19. The molecule has 34 heavy (non-hydrogen) atoms. The average molecular weight is 626 g/mol. The van der Waals surface area contributed by atoms with E-state index >= 15 is 0 Å². The van der Waals surface area contributed by atoms with Crippen LogP contribution in [-0.4, -0.2) is 19.6 Å². The standard InChI is InChI=1S/C28H20N3O2.Pt/c1-17-13-14-29-26(15-17)31-23-6-4-3-5-21(23)22-9-8-19(16-24(22)31)33-27-12-10-20-18(2)7-11-25(32)28(20)30-27;/h3-15,32H,1-2H3;/q-1;. The zero-order chi connectivity index (χ0) is 22.5. The summed E-state index contributed by atoms with van der Waals surface area (Å²) in [5.74, 6) is 1.90. The number of fused-ring (bicyclic) bond motifs is 4. The number of para-hydroxylation sites is 1. The average Bonchev–Trinajstić information content (AvgIpc) is 3.15. The van der Waals surface area contributed by atoms with Crippen LogP contribution in [0.1, 0.15) is 11.1 Å². The van der Waals surface area contributed by atoms with E-state index < -0.39 is 0 Å². The summed E-state index contributed by atoms with van der Waals surface area (Å²) in [6.45, 7) is 4.05. The Kier molecular flexibility index (Phi) is 5.58. The van der Waals surface area contributed by atoms with E-state index in [1.165, 1.54) is 0 Å². The quantitative estimate of drug-likeness (QED) is 0.224. The van der Waals surface area contributed by atoms with Crippen LogP contribution in [0.4, 0.5) is 0 Å². The van der Waals surface area contributed by atoms with E-state index in [1.54, 1.807) is 6.07 Å². The van der Waals surface area contributed by atoms with Crippen LogP contribution in [-0.2, 0) is 21.1 Å². The first-order valence-corrected chi connectivity index (χ1v) is 10.7. The van der Waals surface area contributed by atoms with Gasteiger partial charge in [-0.2, -0.15) is 6.07 Å². The maximum atomic E-state index is 10.3. The van der Waals surface area contributed by atoms with E-state index in [4.69, 9.17) is 4.74 Å². The normalized spacial score (nSPS) is 11.1. The molecule has 0 unspecified atom stereocenters. The number of aryl methyl sites for hydroxylation is 2. The fraction of sp³-hybridized carbons (Fsp3) is 0.0714. The zero-order valence-corrected chi connectivity index (χ0v) is 20.8. The molecule has 0 spiro atoms. The molecule has 0 bridgehead atoms. The van der Waals surface area contributed by atoms with Crippen molar-refractivity contribution in [2.45, 2.75) is 13.8 Å². The van der Waals surface area contributed by atoms with Gasteiger partial charge in [-0.15, -0.1) is 17.5 Å². The van der Waals surface area contributed by atoms with Crippen molar-refractivity contribution in [3.05, 3.63) is 96.2 Å². The molecule has 0 amide bonds. The molecule has 3 aromatic heterocycles. The van der Waals surface area contributed by atoms with E-state index in [-0.39, 0.29) is 26.8 Å². The Balaban J connectivity index is 0.00000241. The van der Waals surface area contributed by atoms with Gasteiger partial charge in [-0.05, 0) is 60.7 Å². The van der Waals surface area contributed by atoms with Crippen LogP contribution in [0.5, 0.6) is 17.4 Å². The number of phenols is 1. The van der Waals surface area contributed by atoms with Gasteiger partial charge in [-0.3, -0.25) is 0 Å². The first-order chi connectivity index (χ1) is 16.1. The van der Waals surface area contributed by atoms with Crippen molar-refractivity contribution in [3.63, 3.8) is 0 Å². The van der Waals surface area contributed by atoms with Crippen molar-refractivity contribution in [1.29, 1.82) is 0 Å². The van der Waals surface area contributed by atoms with Crippen LogP contribution in [0.2, 0.25) is 0 Å². The van der Waals surface area contributed by atoms with Crippen LogP contribution in [0.3, 0.4) is 0 Å². The summed E-state index contributed by atoms with van der Waals surface area (Å²) in [6.07, 6.45) is 1.82. The monoisotopic (exact) mass is 625 g/mol. The number of pyridine rings is 2. The molecular formula is C28H20N3O2Pt-. The zero-order valence-electron chi connectivity index (χ0n) is 18.5. The van der Waals surface area contributed by atoms with Crippen molar-refractivity contribution in [2.75, 3.05) is 0 Å². The van der Waals surface area contributed by atoms with Gasteiger partial charge in [0, 0.05) is 50.0 Å². The van der Waals surface area contributed by atoms with E-state index in [0.717, 1.165) is 44.1 Å². The number of aromatic nitrogens is 3. The Morgan fingerprint density at radius 2 is 1.71 bits per heavy atom. The molecule has 170 valence electrons. The molecule has 6 heteroatoms. The van der Waals surface area contributed by atoms with Crippen LogP contribution in [0, 0.1) is 19.9 Å². The molecule has 6 aromatic rings. The number of hydrogen-bond acceptors (Lipinski definition) is 4. The first kappa shape index (κ1) is 22.1. The third-order valence-electron chi connectivity index (χ3n) is 5.93. The van der Waals surface area contributed by atoms with Crippen molar-refractivity contribution in [2.24, 2.45) is 0 Å². The van der Waals surface area contributed by atoms with Crippen LogP contribution >= 0.6 is 0 Å². The summed E-state index contributed by atoms with van der Waals surface area (Å²) in [4.78, 5) is 9.14. The van der Waals surface area contributed by atoms with Crippen molar-refractivity contribution in [1.82, 2.24) is 14.5 Å². The third kappa shape index (κ3) is 3.63. The van der Waals surface area contributed by atoms with Gasteiger partial charge < -0.3 is 14.4 Å². The molecular weight excluding hydrogens is 605 g/mol. The van der Waals surface area contributed by atoms with E-state index in [0.29, 0.717) is 17.1 Å². The number of phenolic OH excluding ortho intramolecular Hbond substituents is 1. The molecule has 5 nitrogen and oxygen atoms in total. The fourth-order valence-corrected chi connectivity index (χ4v) is 4.31. The Morgan fingerprint density at radius 3 is 2.56 bits per heavy atom. The summed E-state index contributed by atoms with van der Waals surface area (Å²) >= 11 is 0. The predicted molar refractivity (Wildman–Crippen MR) is 130 cm³/mol. The molecule has 0 aliphatic rings. The summed E-state index contributed by atoms with van der Waals surface area (Å²) in [5.41, 5.74) is 4.64. The van der Waals surface area contributed by atoms with Gasteiger partial charge in [-0.25, -0.2) is 9.97 Å². The second-order valence-corrected chi connectivity index (χ2v) is 8.18. The Bertz CT molecular complexity index is 1690. The summed E-state index contributed by atoms with van der Waals surface area (Å²) in [7, 11) is 0. The number of aromatic hydroxyl groups is 1. The van der Waals surface area contributed by atoms with Crippen molar-refractivity contribution < 1.29 is 30.9 Å². The fourth-order valence-electron chi connectivity index (χ4n) is 4.31. The molecule has 0 fully saturated rings. The Labute approximate surface area is 210 Å². The van der Waals surface area contributed by atoms with Crippen molar-refractivity contribution in [3.8, 4) is 23.2 Å². The van der Waals surface area contributed by atoms with Gasteiger partial charge in [-0.1, -0.05) is 29.8 Å². The smallest absolute Gasteiger partial charge is 0.217 e. The molecule has 0 atom stereocenters. The molecule has 1 N–H and O–H groups in total. The topological polar surface area (TPSA) is 60.2 Å². The van der Waals surface area contributed by atoms with Crippen LogP contribution < -0.4 is 4.74 Å². The van der Waals surface area contributed by atoms with E-state index in [1.807, 2.05) is 61.7 Å². The molecule has 3 aromatic carbocycles. The number of hydrogen-bond donors (Lipinski definition) is 1. The minimum atomic E-state index is 0. The van der Waals surface area contributed by atoms with Gasteiger partial charge in [0.2, 0.25) is 5.88 Å². The summed E-state index contributed by atoms with van der Waals surface area (Å²) in [5, 5.41) is 13.4. The Morgan fingerprint density at radius 1 is 0.882 bits per heavy atom. The van der Waals surface area contributed by atoms with Gasteiger partial charge in [0.05, 0.1) is 0 Å². The number of ether oxygens (including phenoxy) is 1. The second-order valence-electron chi connectivity index (χ2n) is 8.18. The molecule has 6 rings (SSSR count). The number of benzene rings is 3. The van der Waals surface area contributed by atoms with Crippen molar-refractivity contribution >= 4 is 32.7 Å². The van der Waals surface area contributed by atoms with Gasteiger partial charge >= 0.3 is 0 Å². The first-order valence-electron chi connectivity index (χ1n) is 10.7. The minimum Gasteiger partial charge on any atom is -0.506 e. The molecule has 0 radical (unpaired) electrons. The van der Waals surface area contributed by atoms with Gasteiger partial charge in [0.15, 0.2) is 0 Å². The van der Waals surface area contributed by atoms with Crippen LogP contribution in [0.25, 0.3) is 38.5 Å². The SMILES string of the molecule is Cc1ccnc(-n2c3[c-]c(Oc4ccc5c(C)ccc(O)c5n4)ccc3c3ccccc32)c1.[Pt]. The number of nitrogens with zero attached hydrogens (tertiary/aromatic N) is 3. The Hall–Kier alpha value is -3.69. The molecule has 0 saturated carbocycles. The largest absolute Gasteiger partial charge is 0.506 e. The summed E-state index contributed by atoms with van der Waals surface area (Å²) in [6, 6.07) is 26.9. The maximum Gasteiger partial charge on any atom is 0.217 e. The minimum absolute atomic E-state index is 0. The maximum absolute atomic E-state index is 10.3. The molecule has 3 heterocycles. The third-order valence-corrected chi connectivity index (χ3v) is 5.93. The molecule has 0 aliphatic carbocycles. The van der Waals surface area contributed by atoms with Crippen LogP contribution in [0.15, 0.2) is 79.0 Å².